The van der Waals surface area contributed by atoms with E-state index in [0.29, 0.717) is 13.0 Å². The van der Waals surface area contributed by atoms with E-state index in [1.165, 1.54) is 10.9 Å². The number of nitrogens with one attached hydrogen (secondary N) is 3. The van der Waals surface area contributed by atoms with Gasteiger partial charge in [0.05, 0.1) is 0 Å². The maximum Gasteiger partial charge on any atom is 0.407 e. The number of carbonyl (C=O) groups is 2. The fraction of sp³-hybridized carbons (Fsp3) is 0.545. The number of alkyl carbamates (subject to hydrolysis) is 1. The standard InChI is InChI=1S/C22H33N3O3/c1-16(9-7-8-14-23-21(27)28-22(2,3)4)25-20(26)13-12-17-15-24-19-11-6-5-10-18(17)19/h5-6,10-11,15-16,24H,7-9,12-14H2,1-4H3,(H,23,27)(H,25,26). The topological polar surface area (TPSA) is 83.2 Å². The highest BCUT2D eigenvalue weighted by molar-refractivity contribution is 5.84. The molecule has 28 heavy (non-hydrogen) atoms. The largest absolute Gasteiger partial charge is 0.444 e. The molecule has 6 heteroatoms. The summed E-state index contributed by atoms with van der Waals surface area (Å²) in [5.41, 5.74) is 1.80. The van der Waals surface area contributed by atoms with E-state index in [1.54, 1.807) is 0 Å². The summed E-state index contributed by atoms with van der Waals surface area (Å²) in [6, 6.07) is 8.25. The average molecular weight is 388 g/mol. The van der Waals surface area contributed by atoms with Gasteiger partial charge in [-0.05, 0) is 65.0 Å². The van der Waals surface area contributed by atoms with Gasteiger partial charge in [0.15, 0.2) is 0 Å². The number of carbonyl (C=O) groups excluding carboxylic acids is 2. The van der Waals surface area contributed by atoms with Crippen LogP contribution in [0, 0.1) is 0 Å². The van der Waals surface area contributed by atoms with Crippen LogP contribution in [0.15, 0.2) is 30.5 Å². The van der Waals surface area contributed by atoms with E-state index >= 15 is 0 Å². The molecule has 0 bridgehead atoms. The zero-order valence-corrected chi connectivity index (χ0v) is 17.4. The number of fused-ring (bicyclic) bond motifs is 1. The maximum atomic E-state index is 12.2. The van der Waals surface area contributed by atoms with Crippen LogP contribution < -0.4 is 10.6 Å². The van der Waals surface area contributed by atoms with Crippen molar-refractivity contribution in [3.05, 3.63) is 36.0 Å². The number of rotatable bonds is 9. The summed E-state index contributed by atoms with van der Waals surface area (Å²) in [6.45, 7) is 8.13. The molecule has 1 aromatic carbocycles. The third kappa shape index (κ3) is 7.62. The Hall–Kier alpha value is -2.50. The lowest BCUT2D eigenvalue weighted by Gasteiger charge is -2.19. The Morgan fingerprint density at radius 3 is 2.68 bits per heavy atom. The SMILES string of the molecule is CC(CCCCNC(=O)OC(C)(C)C)NC(=O)CCc1c[nH]c2ccccc12. The summed E-state index contributed by atoms with van der Waals surface area (Å²) >= 11 is 0. The van der Waals surface area contributed by atoms with E-state index in [0.717, 1.165) is 31.2 Å². The summed E-state index contributed by atoms with van der Waals surface area (Å²) in [6.07, 6.45) is 5.48. The van der Waals surface area contributed by atoms with Gasteiger partial charge in [0, 0.05) is 36.1 Å². The molecule has 0 fully saturated rings. The van der Waals surface area contributed by atoms with Gasteiger partial charge in [0.1, 0.15) is 5.60 Å². The van der Waals surface area contributed by atoms with E-state index in [1.807, 2.05) is 52.1 Å². The van der Waals surface area contributed by atoms with Crippen molar-refractivity contribution in [2.75, 3.05) is 6.54 Å². The number of H-pyrrole nitrogens is 1. The molecule has 1 heterocycles. The second kappa shape index (κ2) is 10.2. The van der Waals surface area contributed by atoms with Crippen LogP contribution in [-0.4, -0.2) is 35.2 Å². The first-order chi connectivity index (χ1) is 13.2. The maximum absolute atomic E-state index is 12.2. The summed E-state index contributed by atoms with van der Waals surface area (Å²) in [5.74, 6) is 0.0738. The highest BCUT2D eigenvalue weighted by Gasteiger charge is 2.15. The molecular formula is C22H33N3O3. The van der Waals surface area contributed by atoms with Gasteiger partial charge in [-0.1, -0.05) is 18.2 Å². The number of benzene rings is 1. The molecule has 0 aliphatic heterocycles. The Morgan fingerprint density at radius 1 is 1.18 bits per heavy atom. The lowest BCUT2D eigenvalue weighted by atomic mass is 10.1. The molecule has 0 spiro atoms. The number of para-hydroxylation sites is 1. The number of hydrogen-bond donors (Lipinski definition) is 3. The number of aryl methyl sites for hydroxylation is 1. The average Bonchev–Trinajstić information content (AvgIpc) is 3.01. The molecule has 0 radical (unpaired) electrons. The van der Waals surface area contributed by atoms with Crippen LogP contribution in [0.4, 0.5) is 4.79 Å². The van der Waals surface area contributed by atoms with Gasteiger partial charge < -0.3 is 20.4 Å². The van der Waals surface area contributed by atoms with Gasteiger partial charge >= 0.3 is 6.09 Å². The fourth-order valence-corrected chi connectivity index (χ4v) is 3.09. The Kier molecular flexibility index (Phi) is 7.91. The molecule has 0 saturated heterocycles. The zero-order chi connectivity index (χ0) is 20.6. The minimum absolute atomic E-state index is 0.0738. The van der Waals surface area contributed by atoms with Gasteiger partial charge in [0.2, 0.25) is 5.91 Å². The third-order valence-corrected chi connectivity index (χ3v) is 4.44. The van der Waals surface area contributed by atoms with E-state index < -0.39 is 5.60 Å². The highest BCUT2D eigenvalue weighted by atomic mass is 16.6. The normalized spacial score (nSPS) is 12.6. The molecule has 154 valence electrons. The molecule has 1 unspecified atom stereocenters. The van der Waals surface area contributed by atoms with Crippen molar-refractivity contribution < 1.29 is 14.3 Å². The van der Waals surface area contributed by atoms with Gasteiger partial charge in [-0.15, -0.1) is 0 Å². The Labute approximate surface area is 167 Å². The molecule has 0 saturated carbocycles. The fourth-order valence-electron chi connectivity index (χ4n) is 3.09. The summed E-state index contributed by atoms with van der Waals surface area (Å²) in [4.78, 5) is 27.0. The van der Waals surface area contributed by atoms with Crippen molar-refractivity contribution in [3.8, 4) is 0 Å². The molecular weight excluding hydrogens is 354 g/mol. The summed E-state index contributed by atoms with van der Waals surface area (Å²) in [7, 11) is 0. The van der Waals surface area contributed by atoms with Crippen LogP contribution in [0.2, 0.25) is 0 Å². The van der Waals surface area contributed by atoms with Gasteiger partial charge in [-0.2, -0.15) is 0 Å². The van der Waals surface area contributed by atoms with Crippen molar-refractivity contribution in [1.82, 2.24) is 15.6 Å². The predicted octanol–water partition coefficient (Wildman–Crippen LogP) is 4.30. The van der Waals surface area contributed by atoms with Crippen molar-refractivity contribution in [3.63, 3.8) is 0 Å². The number of amides is 2. The lowest BCUT2D eigenvalue weighted by Crippen LogP contribution is -2.34. The first-order valence-corrected chi connectivity index (χ1v) is 10.1. The minimum Gasteiger partial charge on any atom is -0.444 e. The van der Waals surface area contributed by atoms with Crippen LogP contribution in [0.3, 0.4) is 0 Å². The smallest absolute Gasteiger partial charge is 0.407 e. The highest BCUT2D eigenvalue weighted by Crippen LogP contribution is 2.19. The van der Waals surface area contributed by atoms with Crippen molar-refractivity contribution in [2.24, 2.45) is 0 Å². The van der Waals surface area contributed by atoms with Crippen LogP contribution in [0.5, 0.6) is 0 Å². The molecule has 2 aromatic rings. The molecule has 0 aliphatic rings. The predicted molar refractivity (Wildman–Crippen MR) is 112 cm³/mol. The van der Waals surface area contributed by atoms with Gasteiger partial charge in [0.25, 0.3) is 0 Å². The Morgan fingerprint density at radius 2 is 1.93 bits per heavy atom. The second-order valence-corrected chi connectivity index (χ2v) is 8.25. The molecule has 2 amide bonds. The van der Waals surface area contributed by atoms with E-state index in [9.17, 15) is 9.59 Å². The van der Waals surface area contributed by atoms with Crippen LogP contribution in [0.25, 0.3) is 10.9 Å². The van der Waals surface area contributed by atoms with Gasteiger partial charge in [-0.3, -0.25) is 4.79 Å². The molecule has 6 nitrogen and oxygen atoms in total. The molecule has 1 aromatic heterocycles. The lowest BCUT2D eigenvalue weighted by molar-refractivity contribution is -0.121. The number of aromatic nitrogens is 1. The Balaban J connectivity index is 1.59. The van der Waals surface area contributed by atoms with Crippen molar-refractivity contribution in [2.45, 2.75) is 71.4 Å². The van der Waals surface area contributed by atoms with Crippen LogP contribution >= 0.6 is 0 Å². The zero-order valence-electron chi connectivity index (χ0n) is 17.4. The van der Waals surface area contributed by atoms with Crippen LogP contribution in [-0.2, 0) is 16.0 Å². The molecule has 0 aliphatic carbocycles. The monoisotopic (exact) mass is 387 g/mol. The summed E-state index contributed by atoms with van der Waals surface area (Å²) in [5, 5.41) is 6.99. The van der Waals surface area contributed by atoms with Crippen LogP contribution in [0.1, 0.15) is 58.9 Å². The van der Waals surface area contributed by atoms with Crippen molar-refractivity contribution in [1.29, 1.82) is 0 Å². The van der Waals surface area contributed by atoms with E-state index in [-0.39, 0.29) is 18.0 Å². The van der Waals surface area contributed by atoms with E-state index in [2.05, 4.69) is 21.7 Å². The molecule has 1 atom stereocenters. The van der Waals surface area contributed by atoms with E-state index in [4.69, 9.17) is 4.74 Å². The number of unbranched alkanes of at least 4 members (excludes halogenated alkanes) is 1. The Bertz CT molecular complexity index is 777. The number of hydrogen-bond acceptors (Lipinski definition) is 3. The molecule has 3 N–H and O–H groups in total. The second-order valence-electron chi connectivity index (χ2n) is 8.25. The quantitative estimate of drug-likeness (QED) is 0.561. The van der Waals surface area contributed by atoms with Gasteiger partial charge in [-0.25, -0.2) is 4.79 Å². The number of aromatic amines is 1. The van der Waals surface area contributed by atoms with Crippen molar-refractivity contribution >= 4 is 22.9 Å². The summed E-state index contributed by atoms with van der Waals surface area (Å²) < 4.78 is 5.19. The third-order valence-electron chi connectivity index (χ3n) is 4.44. The minimum atomic E-state index is -0.477. The number of ether oxygens (including phenoxy) is 1. The molecule has 2 rings (SSSR count). The first kappa shape index (κ1) is 21.8. The first-order valence-electron chi connectivity index (χ1n) is 10.1.